The lowest BCUT2D eigenvalue weighted by molar-refractivity contribution is -0.126. The molecule has 0 bridgehead atoms. The summed E-state index contributed by atoms with van der Waals surface area (Å²) in [6.07, 6.45) is 4.19. The molecule has 1 aromatic carbocycles. The van der Waals surface area contributed by atoms with Crippen LogP contribution in [0.2, 0.25) is 0 Å². The Hall–Kier alpha value is -2.68. The number of carbonyl (C=O) groups excluding carboxylic acids is 2. The summed E-state index contributed by atoms with van der Waals surface area (Å²) in [5.74, 6) is 1.23. The van der Waals surface area contributed by atoms with Crippen molar-refractivity contribution in [2.24, 2.45) is 5.92 Å². The van der Waals surface area contributed by atoms with Crippen LogP contribution in [0.25, 0.3) is 0 Å². The third-order valence-electron chi connectivity index (χ3n) is 5.43. The molecule has 1 unspecified atom stereocenters. The molecule has 8 nitrogen and oxygen atoms in total. The van der Waals surface area contributed by atoms with Gasteiger partial charge in [0, 0.05) is 55.4 Å². The summed E-state index contributed by atoms with van der Waals surface area (Å²) in [6, 6.07) is 9.50. The van der Waals surface area contributed by atoms with Crippen LogP contribution in [0.3, 0.4) is 0 Å². The van der Waals surface area contributed by atoms with Crippen molar-refractivity contribution in [2.75, 3.05) is 47.8 Å². The highest BCUT2D eigenvalue weighted by atomic mass is 79.9. The summed E-state index contributed by atoms with van der Waals surface area (Å²) in [5, 5.41) is 6.15. The van der Waals surface area contributed by atoms with Crippen LogP contribution in [0, 0.1) is 5.92 Å². The molecular formula is C21H25BrN6O2. The van der Waals surface area contributed by atoms with Gasteiger partial charge in [-0.1, -0.05) is 22.0 Å². The lowest BCUT2D eigenvalue weighted by Crippen LogP contribution is -2.35. The lowest BCUT2D eigenvalue weighted by atomic mass is 10.1. The first-order chi connectivity index (χ1) is 14.6. The average Bonchev–Trinajstić information content (AvgIpc) is 3.41. The van der Waals surface area contributed by atoms with Crippen molar-refractivity contribution in [3.05, 3.63) is 41.1 Å². The number of carbonyl (C=O) groups is 2. The molecule has 0 radical (unpaired) electrons. The van der Waals surface area contributed by atoms with Crippen molar-refractivity contribution in [1.82, 2.24) is 15.3 Å². The molecule has 0 saturated carbocycles. The van der Waals surface area contributed by atoms with E-state index in [0.29, 0.717) is 19.6 Å². The Morgan fingerprint density at radius 3 is 2.80 bits per heavy atom. The molecule has 2 aliphatic heterocycles. The van der Waals surface area contributed by atoms with E-state index in [1.165, 1.54) is 12.8 Å². The summed E-state index contributed by atoms with van der Waals surface area (Å²) < 4.78 is 0.907. The number of nitrogens with zero attached hydrogens (tertiary/aromatic N) is 4. The number of rotatable bonds is 7. The molecule has 2 saturated heterocycles. The maximum atomic E-state index is 12.5. The number of anilines is 3. The first-order valence-electron chi connectivity index (χ1n) is 10.2. The molecule has 3 heterocycles. The number of halogens is 1. The SMILES string of the molecule is O=C(NCCNc1cc(N2CCCC2)ncn1)C1CC(=O)N(c2cccc(Br)c2)C1. The predicted octanol–water partition coefficient (Wildman–Crippen LogP) is 2.42. The van der Waals surface area contributed by atoms with Crippen LogP contribution >= 0.6 is 15.9 Å². The first-order valence-corrected chi connectivity index (χ1v) is 11.0. The van der Waals surface area contributed by atoms with Gasteiger partial charge in [-0.25, -0.2) is 9.97 Å². The molecule has 2 amide bonds. The molecule has 1 aromatic heterocycles. The molecule has 30 heavy (non-hydrogen) atoms. The number of hydrogen-bond donors (Lipinski definition) is 2. The van der Waals surface area contributed by atoms with E-state index in [9.17, 15) is 9.59 Å². The van der Waals surface area contributed by atoms with Crippen LogP contribution in [0.5, 0.6) is 0 Å². The third-order valence-corrected chi connectivity index (χ3v) is 5.92. The quantitative estimate of drug-likeness (QED) is 0.601. The highest BCUT2D eigenvalue weighted by Crippen LogP contribution is 2.27. The van der Waals surface area contributed by atoms with E-state index < -0.39 is 0 Å². The molecule has 0 spiro atoms. The lowest BCUT2D eigenvalue weighted by Gasteiger charge is -2.17. The summed E-state index contributed by atoms with van der Waals surface area (Å²) in [6.45, 7) is 3.48. The van der Waals surface area contributed by atoms with Gasteiger partial charge in [-0.2, -0.15) is 0 Å². The van der Waals surface area contributed by atoms with Gasteiger partial charge in [-0.05, 0) is 31.0 Å². The second-order valence-corrected chi connectivity index (χ2v) is 8.47. The Morgan fingerprint density at radius 2 is 2.00 bits per heavy atom. The molecule has 2 aliphatic rings. The molecular weight excluding hydrogens is 448 g/mol. The van der Waals surface area contributed by atoms with E-state index in [1.54, 1.807) is 11.2 Å². The Bertz CT molecular complexity index is 918. The van der Waals surface area contributed by atoms with Gasteiger partial charge >= 0.3 is 0 Å². The van der Waals surface area contributed by atoms with E-state index in [1.807, 2.05) is 30.3 Å². The van der Waals surface area contributed by atoms with Crippen LogP contribution in [0.1, 0.15) is 19.3 Å². The fourth-order valence-corrected chi connectivity index (χ4v) is 4.25. The predicted molar refractivity (Wildman–Crippen MR) is 120 cm³/mol. The minimum absolute atomic E-state index is 0.0261. The standard InChI is InChI=1S/C21H25BrN6O2/c22-16-4-3-5-17(11-16)28-13-15(10-20(28)29)21(30)24-7-6-23-18-12-19(26-14-25-18)27-8-1-2-9-27/h3-5,11-12,14-15H,1-2,6-10,13H2,(H,24,30)(H,23,25,26). The van der Waals surface area contributed by atoms with Gasteiger partial charge in [-0.3, -0.25) is 9.59 Å². The number of benzene rings is 1. The van der Waals surface area contributed by atoms with E-state index in [2.05, 4.69) is 41.4 Å². The van der Waals surface area contributed by atoms with Gasteiger partial charge in [-0.15, -0.1) is 0 Å². The van der Waals surface area contributed by atoms with E-state index in [0.717, 1.165) is 34.9 Å². The van der Waals surface area contributed by atoms with Crippen molar-refractivity contribution in [3.63, 3.8) is 0 Å². The van der Waals surface area contributed by atoms with E-state index in [4.69, 9.17) is 0 Å². The maximum absolute atomic E-state index is 12.5. The van der Waals surface area contributed by atoms with Crippen LogP contribution < -0.4 is 20.4 Å². The van der Waals surface area contributed by atoms with Crippen molar-refractivity contribution in [2.45, 2.75) is 19.3 Å². The largest absolute Gasteiger partial charge is 0.368 e. The van der Waals surface area contributed by atoms with Crippen LogP contribution in [0.4, 0.5) is 17.3 Å². The molecule has 0 aliphatic carbocycles. The molecule has 1 atom stereocenters. The Kier molecular flexibility index (Phi) is 6.47. The van der Waals surface area contributed by atoms with E-state index >= 15 is 0 Å². The van der Waals surface area contributed by atoms with Crippen molar-refractivity contribution in [1.29, 1.82) is 0 Å². The molecule has 9 heteroatoms. The summed E-state index contributed by atoms with van der Waals surface area (Å²) in [5.41, 5.74) is 0.809. The zero-order valence-corrected chi connectivity index (χ0v) is 18.3. The van der Waals surface area contributed by atoms with Crippen molar-refractivity contribution < 1.29 is 9.59 Å². The smallest absolute Gasteiger partial charge is 0.227 e. The Labute approximate surface area is 184 Å². The number of aromatic nitrogens is 2. The zero-order valence-electron chi connectivity index (χ0n) is 16.7. The summed E-state index contributed by atoms with van der Waals surface area (Å²) in [4.78, 5) is 37.4. The highest BCUT2D eigenvalue weighted by molar-refractivity contribution is 9.10. The van der Waals surface area contributed by atoms with Gasteiger partial charge in [0.2, 0.25) is 11.8 Å². The monoisotopic (exact) mass is 472 g/mol. The molecule has 2 N–H and O–H groups in total. The average molecular weight is 473 g/mol. The highest BCUT2D eigenvalue weighted by Gasteiger charge is 2.35. The van der Waals surface area contributed by atoms with Crippen molar-refractivity contribution >= 4 is 45.1 Å². The molecule has 2 fully saturated rings. The Balaban J connectivity index is 1.23. The number of nitrogens with one attached hydrogen (secondary N) is 2. The topological polar surface area (TPSA) is 90.5 Å². The number of amides is 2. The van der Waals surface area contributed by atoms with Crippen molar-refractivity contribution in [3.8, 4) is 0 Å². The molecule has 2 aromatic rings. The Morgan fingerprint density at radius 1 is 1.17 bits per heavy atom. The fraction of sp³-hybridized carbons (Fsp3) is 0.429. The maximum Gasteiger partial charge on any atom is 0.227 e. The minimum Gasteiger partial charge on any atom is -0.368 e. The fourth-order valence-electron chi connectivity index (χ4n) is 3.86. The van der Waals surface area contributed by atoms with Gasteiger partial charge in [0.25, 0.3) is 0 Å². The second kappa shape index (κ2) is 9.42. The summed E-state index contributed by atoms with van der Waals surface area (Å²) >= 11 is 3.42. The number of hydrogen-bond acceptors (Lipinski definition) is 6. The first kappa shape index (κ1) is 20.6. The van der Waals surface area contributed by atoms with Crippen LogP contribution in [-0.4, -0.2) is 54.5 Å². The zero-order chi connectivity index (χ0) is 20.9. The van der Waals surface area contributed by atoms with Gasteiger partial charge in [0.05, 0.1) is 5.92 Å². The normalized spacial score (nSPS) is 18.7. The van der Waals surface area contributed by atoms with Gasteiger partial charge < -0.3 is 20.4 Å². The van der Waals surface area contributed by atoms with Crippen LogP contribution in [0.15, 0.2) is 41.1 Å². The van der Waals surface area contributed by atoms with Gasteiger partial charge in [0.15, 0.2) is 0 Å². The van der Waals surface area contributed by atoms with Crippen LogP contribution in [-0.2, 0) is 9.59 Å². The third kappa shape index (κ3) is 4.89. The minimum atomic E-state index is -0.336. The summed E-state index contributed by atoms with van der Waals surface area (Å²) in [7, 11) is 0. The molecule has 158 valence electrons. The molecule has 4 rings (SSSR count). The van der Waals surface area contributed by atoms with Gasteiger partial charge in [0.1, 0.15) is 18.0 Å². The van der Waals surface area contributed by atoms with E-state index in [-0.39, 0.29) is 24.2 Å². The second-order valence-electron chi connectivity index (χ2n) is 7.56.